The lowest BCUT2D eigenvalue weighted by Crippen LogP contribution is -2.52. The summed E-state index contributed by atoms with van der Waals surface area (Å²) in [6, 6.07) is 8.69. The van der Waals surface area contributed by atoms with Gasteiger partial charge in [-0.25, -0.2) is 9.67 Å². The summed E-state index contributed by atoms with van der Waals surface area (Å²) in [4.78, 5) is 43.7. The second-order valence-electron chi connectivity index (χ2n) is 10.6. The minimum absolute atomic E-state index is 0.192. The number of hydrogen-bond acceptors (Lipinski definition) is 8. The van der Waals surface area contributed by atoms with E-state index in [0.717, 1.165) is 33.5 Å². The minimum Gasteiger partial charge on any atom is -0.322 e. The SMILES string of the molecule is O=C1CCC(N2Cc3ccc(CNC(c4cn5ccc(Br)cc5n4)c4nnnn4CC4CC4)cc3C2=O)C(=O)N1. The van der Waals surface area contributed by atoms with Gasteiger partial charge in [0.1, 0.15) is 17.7 Å². The standard InChI is InChI=1S/C27H26BrN9O3/c28-18-7-8-35-14-20(30-22(35)10-18)24(25-32-33-34-37(25)12-15-1-2-15)29-11-16-3-4-17-13-36(27(40)19(17)9-16)21-5-6-23(38)31-26(21)39/h3-4,7-10,14-15,21,24,29H,1-2,5-6,11-13H2,(H,31,38,39). The van der Waals surface area contributed by atoms with Crippen LogP contribution in [0.25, 0.3) is 5.65 Å². The van der Waals surface area contributed by atoms with Crippen molar-refractivity contribution in [3.05, 3.63) is 75.4 Å². The molecular weight excluding hydrogens is 578 g/mol. The smallest absolute Gasteiger partial charge is 0.255 e. The molecule has 1 saturated carbocycles. The number of imidazole rings is 1. The van der Waals surface area contributed by atoms with E-state index in [1.165, 1.54) is 12.8 Å². The van der Waals surface area contributed by atoms with E-state index in [-0.39, 0.29) is 24.3 Å². The van der Waals surface area contributed by atoms with E-state index in [1.54, 1.807) is 4.90 Å². The molecule has 5 heterocycles. The fourth-order valence-electron chi connectivity index (χ4n) is 5.47. The van der Waals surface area contributed by atoms with Gasteiger partial charge >= 0.3 is 0 Å². The maximum Gasteiger partial charge on any atom is 0.255 e. The Bertz CT molecular complexity index is 1660. The Hall–Kier alpha value is -3.97. The molecule has 12 nitrogen and oxygen atoms in total. The molecule has 1 aliphatic carbocycles. The van der Waals surface area contributed by atoms with Crippen molar-refractivity contribution in [1.29, 1.82) is 0 Å². The predicted molar refractivity (Wildman–Crippen MR) is 145 cm³/mol. The molecule has 2 aliphatic heterocycles. The molecule has 0 radical (unpaired) electrons. The molecule has 204 valence electrons. The highest BCUT2D eigenvalue weighted by atomic mass is 79.9. The fraction of sp³-hybridized carbons (Fsp3) is 0.370. The first kappa shape index (κ1) is 25.0. The summed E-state index contributed by atoms with van der Waals surface area (Å²) in [6.45, 7) is 1.56. The van der Waals surface area contributed by atoms with Gasteiger partial charge in [-0.1, -0.05) is 28.1 Å². The number of rotatable bonds is 8. The van der Waals surface area contributed by atoms with Gasteiger partial charge in [-0.3, -0.25) is 25.0 Å². The normalized spacial score (nSPS) is 19.8. The summed E-state index contributed by atoms with van der Waals surface area (Å²) in [5.74, 6) is 0.382. The van der Waals surface area contributed by atoms with E-state index in [1.807, 2.05) is 51.8 Å². The number of piperidine rings is 1. The lowest BCUT2D eigenvalue weighted by molar-refractivity contribution is -0.136. The maximum atomic E-state index is 13.3. The van der Waals surface area contributed by atoms with Crippen LogP contribution < -0.4 is 10.6 Å². The fourth-order valence-corrected chi connectivity index (χ4v) is 5.79. The number of imide groups is 1. The van der Waals surface area contributed by atoms with Crippen LogP contribution in [0.4, 0.5) is 0 Å². The molecule has 2 fully saturated rings. The summed E-state index contributed by atoms with van der Waals surface area (Å²) in [5, 5.41) is 18.5. The second kappa shape index (κ2) is 9.89. The first-order valence-electron chi connectivity index (χ1n) is 13.3. The summed E-state index contributed by atoms with van der Waals surface area (Å²) < 4.78 is 4.76. The van der Waals surface area contributed by atoms with Crippen LogP contribution in [0.15, 0.2) is 47.2 Å². The van der Waals surface area contributed by atoms with E-state index in [0.29, 0.717) is 36.8 Å². The summed E-state index contributed by atoms with van der Waals surface area (Å²) in [6.07, 6.45) is 6.84. The van der Waals surface area contributed by atoms with Gasteiger partial charge in [-0.05, 0) is 64.9 Å². The lowest BCUT2D eigenvalue weighted by atomic mass is 10.0. The average molecular weight is 604 g/mol. The van der Waals surface area contributed by atoms with E-state index < -0.39 is 11.9 Å². The Balaban J connectivity index is 1.14. The van der Waals surface area contributed by atoms with E-state index in [9.17, 15) is 14.4 Å². The van der Waals surface area contributed by atoms with Crippen LogP contribution >= 0.6 is 15.9 Å². The zero-order chi connectivity index (χ0) is 27.4. The highest BCUT2D eigenvalue weighted by Crippen LogP contribution is 2.32. The van der Waals surface area contributed by atoms with Crippen molar-refractivity contribution in [1.82, 2.24) is 45.1 Å². The van der Waals surface area contributed by atoms with E-state index in [4.69, 9.17) is 4.98 Å². The van der Waals surface area contributed by atoms with Gasteiger partial charge in [-0.2, -0.15) is 0 Å². The first-order chi connectivity index (χ1) is 19.4. The third-order valence-corrected chi connectivity index (χ3v) is 8.28. The highest BCUT2D eigenvalue weighted by Gasteiger charge is 2.39. The van der Waals surface area contributed by atoms with Crippen molar-refractivity contribution >= 4 is 39.3 Å². The molecule has 1 saturated heterocycles. The Morgan fingerprint density at radius 1 is 1.12 bits per heavy atom. The van der Waals surface area contributed by atoms with Gasteiger partial charge in [0.05, 0.1) is 5.69 Å². The van der Waals surface area contributed by atoms with Crippen molar-refractivity contribution in [2.75, 3.05) is 0 Å². The molecule has 0 spiro atoms. The molecular formula is C27H26BrN9O3. The number of hydrogen-bond donors (Lipinski definition) is 2. The van der Waals surface area contributed by atoms with Crippen molar-refractivity contribution < 1.29 is 14.4 Å². The molecule has 1 aromatic carbocycles. The number of benzene rings is 1. The zero-order valence-electron chi connectivity index (χ0n) is 21.5. The summed E-state index contributed by atoms with van der Waals surface area (Å²) in [7, 11) is 0. The third-order valence-electron chi connectivity index (χ3n) is 7.79. The molecule has 40 heavy (non-hydrogen) atoms. The van der Waals surface area contributed by atoms with Gasteiger partial charge in [0.25, 0.3) is 5.91 Å². The monoisotopic (exact) mass is 603 g/mol. The maximum absolute atomic E-state index is 13.3. The Morgan fingerprint density at radius 2 is 2.00 bits per heavy atom. The molecule has 2 N–H and O–H groups in total. The topological polar surface area (TPSA) is 139 Å². The largest absolute Gasteiger partial charge is 0.322 e. The predicted octanol–water partition coefficient (Wildman–Crippen LogP) is 2.13. The van der Waals surface area contributed by atoms with Crippen molar-refractivity contribution in [3.63, 3.8) is 0 Å². The number of aromatic nitrogens is 6. The van der Waals surface area contributed by atoms with Crippen molar-refractivity contribution in [2.45, 2.75) is 57.4 Å². The number of nitrogens with zero attached hydrogens (tertiary/aromatic N) is 7. The number of nitrogens with one attached hydrogen (secondary N) is 2. The summed E-state index contributed by atoms with van der Waals surface area (Å²) >= 11 is 3.52. The zero-order valence-corrected chi connectivity index (χ0v) is 23.0. The van der Waals surface area contributed by atoms with Crippen LogP contribution in [0.3, 0.4) is 0 Å². The molecule has 13 heteroatoms. The van der Waals surface area contributed by atoms with Gasteiger partial charge in [0, 0.05) is 48.5 Å². The van der Waals surface area contributed by atoms with Gasteiger partial charge in [-0.15, -0.1) is 5.10 Å². The van der Waals surface area contributed by atoms with Gasteiger partial charge in [0.2, 0.25) is 11.8 Å². The number of fused-ring (bicyclic) bond motifs is 2. The Labute approximate surface area is 237 Å². The molecule has 4 aromatic rings. The van der Waals surface area contributed by atoms with Crippen LogP contribution in [0.5, 0.6) is 0 Å². The number of pyridine rings is 1. The van der Waals surface area contributed by atoms with Crippen LogP contribution in [0, 0.1) is 5.92 Å². The first-order valence-corrected chi connectivity index (χ1v) is 14.1. The average Bonchev–Trinajstić information content (AvgIpc) is 3.32. The number of tetrazole rings is 1. The van der Waals surface area contributed by atoms with Crippen LogP contribution in [-0.4, -0.2) is 58.3 Å². The van der Waals surface area contributed by atoms with Crippen molar-refractivity contribution in [3.8, 4) is 0 Å². The van der Waals surface area contributed by atoms with Crippen LogP contribution in [-0.2, 0) is 29.2 Å². The van der Waals surface area contributed by atoms with Crippen molar-refractivity contribution in [2.24, 2.45) is 5.92 Å². The number of carbonyl (C=O) groups is 3. The van der Waals surface area contributed by atoms with E-state index >= 15 is 0 Å². The quantitative estimate of drug-likeness (QED) is 0.292. The molecule has 0 bridgehead atoms. The van der Waals surface area contributed by atoms with E-state index in [2.05, 4.69) is 42.1 Å². The minimum atomic E-state index is -0.635. The Kier molecular flexibility index (Phi) is 6.19. The molecule has 2 atom stereocenters. The summed E-state index contributed by atoms with van der Waals surface area (Å²) in [5.41, 5.74) is 3.95. The molecule has 2 unspecified atom stereocenters. The second-order valence-corrected chi connectivity index (χ2v) is 11.6. The van der Waals surface area contributed by atoms with Crippen LogP contribution in [0.1, 0.15) is 64.7 Å². The highest BCUT2D eigenvalue weighted by molar-refractivity contribution is 9.10. The third kappa shape index (κ3) is 4.68. The molecule has 3 aromatic heterocycles. The molecule has 3 amide bonds. The van der Waals surface area contributed by atoms with Gasteiger partial charge in [0.15, 0.2) is 5.82 Å². The van der Waals surface area contributed by atoms with Gasteiger partial charge < -0.3 is 9.30 Å². The molecule has 3 aliphatic rings. The number of carbonyl (C=O) groups excluding carboxylic acids is 3. The molecule has 7 rings (SSSR count). The lowest BCUT2D eigenvalue weighted by Gasteiger charge is -2.29. The number of amides is 3. The number of halogens is 1. The Morgan fingerprint density at radius 3 is 2.83 bits per heavy atom. The van der Waals surface area contributed by atoms with Crippen LogP contribution in [0.2, 0.25) is 0 Å².